The third-order valence-electron chi connectivity index (χ3n) is 4.46. The van der Waals surface area contributed by atoms with Crippen molar-refractivity contribution < 1.29 is 9.53 Å². The topological polar surface area (TPSA) is 95.1 Å². The molecule has 0 aromatic carbocycles. The van der Waals surface area contributed by atoms with Crippen molar-refractivity contribution in [2.24, 2.45) is 0 Å². The number of fused-ring (bicyclic) bond motifs is 1. The molecule has 1 amide bonds. The smallest absolute Gasteiger partial charge is 0.252 e. The highest BCUT2D eigenvalue weighted by Gasteiger charge is 2.15. The van der Waals surface area contributed by atoms with E-state index in [9.17, 15) is 4.79 Å². The summed E-state index contributed by atoms with van der Waals surface area (Å²) in [4.78, 5) is 20.8. The van der Waals surface area contributed by atoms with Gasteiger partial charge in [-0.05, 0) is 32.3 Å². The summed E-state index contributed by atoms with van der Waals surface area (Å²) >= 11 is 0. The van der Waals surface area contributed by atoms with Gasteiger partial charge >= 0.3 is 0 Å². The molecule has 1 aliphatic rings. The van der Waals surface area contributed by atoms with Crippen LogP contribution in [0.4, 0.5) is 5.95 Å². The largest absolute Gasteiger partial charge is 0.378 e. The average molecular weight is 331 g/mol. The zero-order valence-electron chi connectivity index (χ0n) is 14.1. The van der Waals surface area contributed by atoms with Crippen molar-refractivity contribution in [3.05, 3.63) is 17.8 Å². The molecule has 3 rings (SSSR count). The number of aryl methyl sites for hydroxylation is 1. The highest BCUT2D eigenvalue weighted by Crippen LogP contribution is 2.20. The van der Waals surface area contributed by atoms with Crippen LogP contribution < -0.4 is 11.1 Å². The van der Waals surface area contributed by atoms with E-state index in [1.807, 2.05) is 11.5 Å². The summed E-state index contributed by atoms with van der Waals surface area (Å²) < 4.78 is 7.60. The average Bonchev–Trinajstić information content (AvgIpc) is 3.20. The monoisotopic (exact) mass is 331 g/mol. The molecular formula is C17H25N5O2. The van der Waals surface area contributed by atoms with Gasteiger partial charge in [-0.2, -0.15) is 0 Å². The number of imidazole rings is 1. The van der Waals surface area contributed by atoms with Gasteiger partial charge in [0.15, 0.2) is 5.65 Å². The van der Waals surface area contributed by atoms with Gasteiger partial charge in [-0.25, -0.2) is 9.97 Å². The Hall–Kier alpha value is -2.15. The number of carbonyl (C=O) groups is 1. The predicted octanol–water partition coefficient (Wildman–Crippen LogP) is 2.11. The SMILES string of the molecule is CCn1c(N)nc2cc(C(=O)NCCCOC3CCCC3)cnc21. The molecular weight excluding hydrogens is 306 g/mol. The number of nitrogen functional groups attached to an aromatic ring is 1. The molecule has 24 heavy (non-hydrogen) atoms. The lowest BCUT2D eigenvalue weighted by molar-refractivity contribution is 0.0565. The Morgan fingerprint density at radius 2 is 2.25 bits per heavy atom. The highest BCUT2D eigenvalue weighted by atomic mass is 16.5. The maximum atomic E-state index is 12.2. The van der Waals surface area contributed by atoms with Crippen molar-refractivity contribution in [3.8, 4) is 0 Å². The second-order valence-corrected chi connectivity index (χ2v) is 6.17. The summed E-state index contributed by atoms with van der Waals surface area (Å²) in [6.45, 7) is 3.96. The molecule has 1 saturated carbocycles. The van der Waals surface area contributed by atoms with Crippen molar-refractivity contribution >= 4 is 23.0 Å². The molecule has 2 heterocycles. The minimum absolute atomic E-state index is 0.144. The molecule has 1 fully saturated rings. The number of carbonyl (C=O) groups excluding carboxylic acids is 1. The van der Waals surface area contributed by atoms with Crippen molar-refractivity contribution in [2.45, 2.75) is 51.7 Å². The maximum Gasteiger partial charge on any atom is 0.252 e. The number of nitrogens with one attached hydrogen (secondary N) is 1. The third-order valence-corrected chi connectivity index (χ3v) is 4.46. The van der Waals surface area contributed by atoms with Gasteiger partial charge in [0.05, 0.1) is 11.7 Å². The highest BCUT2D eigenvalue weighted by molar-refractivity contribution is 5.96. The number of nitrogens with two attached hydrogens (primary N) is 1. The fourth-order valence-corrected chi connectivity index (χ4v) is 3.15. The molecule has 0 unspecified atom stereocenters. The van der Waals surface area contributed by atoms with E-state index in [1.54, 1.807) is 12.3 Å². The Bertz CT molecular complexity index is 706. The van der Waals surface area contributed by atoms with Gasteiger partial charge in [-0.15, -0.1) is 0 Å². The van der Waals surface area contributed by atoms with Gasteiger partial charge in [0.1, 0.15) is 5.52 Å². The predicted molar refractivity (Wildman–Crippen MR) is 92.8 cm³/mol. The van der Waals surface area contributed by atoms with E-state index in [4.69, 9.17) is 10.5 Å². The summed E-state index contributed by atoms with van der Waals surface area (Å²) in [6.07, 6.45) is 7.70. The van der Waals surface area contributed by atoms with E-state index < -0.39 is 0 Å². The van der Waals surface area contributed by atoms with E-state index in [1.165, 1.54) is 25.7 Å². The molecule has 0 bridgehead atoms. The van der Waals surface area contributed by atoms with Gasteiger partial charge in [0.2, 0.25) is 5.95 Å². The van der Waals surface area contributed by atoms with E-state index in [-0.39, 0.29) is 5.91 Å². The van der Waals surface area contributed by atoms with Crippen LogP contribution in [0, 0.1) is 0 Å². The Balaban J connectivity index is 1.50. The van der Waals surface area contributed by atoms with Gasteiger partial charge < -0.3 is 15.8 Å². The number of rotatable bonds is 7. The standard InChI is InChI=1S/C17H25N5O2/c1-2-22-15-14(21-17(22)18)10-12(11-20-15)16(23)19-8-5-9-24-13-6-3-4-7-13/h10-11,13H,2-9H2,1H3,(H2,18,21)(H,19,23). The first kappa shape index (κ1) is 16.7. The fraction of sp³-hybridized carbons (Fsp3) is 0.588. The molecule has 2 aromatic rings. The summed E-state index contributed by atoms with van der Waals surface area (Å²) in [5.74, 6) is 0.275. The van der Waals surface area contributed by atoms with E-state index in [0.717, 1.165) is 6.42 Å². The number of anilines is 1. The Labute approximate surface area is 141 Å². The first-order valence-electron chi connectivity index (χ1n) is 8.70. The second kappa shape index (κ2) is 7.61. The van der Waals surface area contributed by atoms with Crippen LogP contribution in [0.3, 0.4) is 0 Å². The normalized spacial score (nSPS) is 15.2. The molecule has 3 N–H and O–H groups in total. The van der Waals surface area contributed by atoms with Crippen LogP contribution in [0.15, 0.2) is 12.3 Å². The van der Waals surface area contributed by atoms with E-state index >= 15 is 0 Å². The third kappa shape index (κ3) is 3.67. The first-order valence-corrected chi connectivity index (χ1v) is 8.70. The van der Waals surface area contributed by atoms with Crippen LogP contribution in [-0.4, -0.2) is 39.7 Å². The summed E-state index contributed by atoms with van der Waals surface area (Å²) in [5.41, 5.74) is 7.70. The van der Waals surface area contributed by atoms with Crippen molar-refractivity contribution in [1.29, 1.82) is 0 Å². The lowest BCUT2D eigenvalue weighted by Crippen LogP contribution is -2.25. The number of ether oxygens (including phenoxy) is 1. The number of amides is 1. The molecule has 0 aliphatic heterocycles. The van der Waals surface area contributed by atoms with Crippen LogP contribution in [0.25, 0.3) is 11.2 Å². The van der Waals surface area contributed by atoms with Gasteiger partial charge in [-0.3, -0.25) is 9.36 Å². The van der Waals surface area contributed by atoms with Crippen molar-refractivity contribution in [1.82, 2.24) is 19.9 Å². The van der Waals surface area contributed by atoms with Crippen LogP contribution in [0.5, 0.6) is 0 Å². The van der Waals surface area contributed by atoms with Crippen molar-refractivity contribution in [2.75, 3.05) is 18.9 Å². The molecule has 1 aliphatic carbocycles. The Morgan fingerprint density at radius 3 is 3.00 bits per heavy atom. The van der Waals surface area contributed by atoms with Crippen LogP contribution in [0.1, 0.15) is 49.4 Å². The molecule has 0 atom stereocenters. The minimum atomic E-state index is -0.144. The van der Waals surface area contributed by atoms with Gasteiger partial charge in [-0.1, -0.05) is 12.8 Å². The number of aromatic nitrogens is 3. The maximum absolute atomic E-state index is 12.2. The van der Waals surface area contributed by atoms with Crippen LogP contribution >= 0.6 is 0 Å². The Morgan fingerprint density at radius 1 is 1.46 bits per heavy atom. The molecule has 7 heteroatoms. The Kier molecular flexibility index (Phi) is 5.30. The summed E-state index contributed by atoms with van der Waals surface area (Å²) in [6, 6.07) is 1.73. The van der Waals surface area contributed by atoms with Crippen molar-refractivity contribution in [3.63, 3.8) is 0 Å². The van der Waals surface area contributed by atoms with Crippen LogP contribution in [-0.2, 0) is 11.3 Å². The lowest BCUT2D eigenvalue weighted by Gasteiger charge is -2.11. The molecule has 7 nitrogen and oxygen atoms in total. The molecule has 130 valence electrons. The molecule has 0 radical (unpaired) electrons. The minimum Gasteiger partial charge on any atom is -0.378 e. The summed E-state index contributed by atoms with van der Waals surface area (Å²) in [5, 5.41) is 2.90. The van der Waals surface area contributed by atoms with Gasteiger partial charge in [0, 0.05) is 25.9 Å². The zero-order valence-corrected chi connectivity index (χ0v) is 14.1. The second-order valence-electron chi connectivity index (χ2n) is 6.17. The van der Waals surface area contributed by atoms with Gasteiger partial charge in [0.25, 0.3) is 5.91 Å². The van der Waals surface area contributed by atoms with Crippen LogP contribution in [0.2, 0.25) is 0 Å². The molecule has 2 aromatic heterocycles. The number of hydrogen-bond donors (Lipinski definition) is 2. The number of pyridine rings is 1. The summed E-state index contributed by atoms with van der Waals surface area (Å²) in [7, 11) is 0. The molecule has 0 spiro atoms. The zero-order chi connectivity index (χ0) is 16.9. The quantitative estimate of drug-likeness (QED) is 0.758. The van der Waals surface area contributed by atoms with E-state index in [2.05, 4.69) is 15.3 Å². The number of hydrogen-bond acceptors (Lipinski definition) is 5. The first-order chi connectivity index (χ1) is 11.7. The van der Waals surface area contributed by atoms with E-state index in [0.29, 0.717) is 48.5 Å². The fourth-order valence-electron chi connectivity index (χ4n) is 3.15. The number of nitrogens with zero attached hydrogens (tertiary/aromatic N) is 3. The molecule has 0 saturated heterocycles. The lowest BCUT2D eigenvalue weighted by atomic mass is 10.2.